The number of anilines is 1. The molecule has 3 aromatic heterocycles. The molecule has 2 bridgehead atoms. The van der Waals surface area contributed by atoms with E-state index in [-0.39, 0.29) is 66.3 Å². The normalized spacial score (nSPS) is 18.2. The van der Waals surface area contributed by atoms with Crippen molar-refractivity contribution in [2.45, 2.75) is 78.2 Å². The fourth-order valence-corrected chi connectivity index (χ4v) is 6.35. The van der Waals surface area contributed by atoms with Gasteiger partial charge in [0.15, 0.2) is 11.5 Å². The molecule has 4 aromatic rings. The van der Waals surface area contributed by atoms with Gasteiger partial charge in [0, 0.05) is 37.4 Å². The van der Waals surface area contributed by atoms with Crippen LogP contribution >= 0.6 is 0 Å². The number of carbonyl (C=O) groups is 1. The molecule has 50 heavy (non-hydrogen) atoms. The minimum absolute atomic E-state index is 0.0594. The lowest BCUT2D eigenvalue weighted by Gasteiger charge is -2.44. The lowest BCUT2D eigenvalue weighted by Crippen LogP contribution is -2.59. The van der Waals surface area contributed by atoms with E-state index in [4.69, 9.17) is 14.2 Å². The summed E-state index contributed by atoms with van der Waals surface area (Å²) in [7, 11) is 0. The van der Waals surface area contributed by atoms with Crippen molar-refractivity contribution in [3.05, 3.63) is 64.1 Å². The number of pyridine rings is 2. The third-order valence-corrected chi connectivity index (χ3v) is 8.54. The number of ether oxygens (including phenoxy) is 3. The first-order valence-corrected chi connectivity index (χ1v) is 16.3. The summed E-state index contributed by atoms with van der Waals surface area (Å²) in [5.41, 5.74) is -3.52. The number of alkyl halides is 3. The molecule has 0 aliphatic carbocycles. The van der Waals surface area contributed by atoms with Gasteiger partial charge in [0.25, 0.3) is 0 Å². The summed E-state index contributed by atoms with van der Waals surface area (Å²) in [6.07, 6.45) is -3.88. The van der Waals surface area contributed by atoms with Crippen molar-refractivity contribution in [2.24, 2.45) is 0 Å². The minimum Gasteiger partial charge on any atom is -0.489 e. The van der Waals surface area contributed by atoms with Crippen LogP contribution in [-0.2, 0) is 10.9 Å². The van der Waals surface area contributed by atoms with Crippen LogP contribution in [0.4, 0.5) is 28.2 Å². The molecule has 1 saturated heterocycles. The second-order valence-electron chi connectivity index (χ2n) is 13.8. The summed E-state index contributed by atoms with van der Waals surface area (Å²) in [6.45, 7) is 12.7. The van der Waals surface area contributed by atoms with Crippen LogP contribution in [0.25, 0.3) is 28.0 Å². The topological polar surface area (TPSA) is 112 Å². The first-order chi connectivity index (χ1) is 23.5. The number of hydrogen-bond donors (Lipinski definition) is 0. The smallest absolute Gasteiger partial charge is 0.417 e. The van der Waals surface area contributed by atoms with Crippen LogP contribution in [0.5, 0.6) is 11.5 Å². The van der Waals surface area contributed by atoms with Gasteiger partial charge < -0.3 is 24.0 Å². The third-order valence-electron chi connectivity index (χ3n) is 8.54. The molecule has 266 valence electrons. The Morgan fingerprint density at radius 1 is 1.00 bits per heavy atom. The van der Waals surface area contributed by atoms with Crippen molar-refractivity contribution < 1.29 is 36.6 Å². The molecular weight excluding hydrogens is 660 g/mol. The number of carbonyl (C=O) groups excluding carboxylic acids is 1. The summed E-state index contributed by atoms with van der Waals surface area (Å²) in [4.78, 5) is 44.2. The Bertz CT molecular complexity index is 2030. The fourth-order valence-electron chi connectivity index (χ4n) is 6.35. The highest BCUT2D eigenvalue weighted by atomic mass is 19.4. The minimum atomic E-state index is -4.89. The number of hydrogen-bond acceptors (Lipinski definition) is 9. The van der Waals surface area contributed by atoms with E-state index in [9.17, 15) is 22.8 Å². The van der Waals surface area contributed by atoms with Gasteiger partial charge in [-0.3, -0.25) is 4.98 Å². The number of rotatable bonds is 2. The van der Waals surface area contributed by atoms with Gasteiger partial charge in [0.05, 0.1) is 22.2 Å². The monoisotopic (exact) mass is 698 g/mol. The molecule has 15 heteroatoms. The molecule has 2 aliphatic heterocycles. The molecule has 1 aromatic carbocycles. The molecule has 1 amide bonds. The van der Waals surface area contributed by atoms with Crippen molar-refractivity contribution in [1.82, 2.24) is 24.4 Å². The van der Waals surface area contributed by atoms with Crippen LogP contribution in [0.1, 0.15) is 65.6 Å². The highest BCUT2D eigenvalue weighted by Crippen LogP contribution is 2.44. The van der Waals surface area contributed by atoms with Crippen molar-refractivity contribution in [1.29, 1.82) is 0 Å². The number of amides is 1. The van der Waals surface area contributed by atoms with Crippen LogP contribution in [0.15, 0.2) is 41.3 Å². The van der Waals surface area contributed by atoms with Gasteiger partial charge in [-0.25, -0.2) is 23.5 Å². The van der Waals surface area contributed by atoms with Crippen molar-refractivity contribution in [2.75, 3.05) is 31.2 Å². The Hall–Kier alpha value is -4.95. The van der Waals surface area contributed by atoms with E-state index >= 15 is 4.39 Å². The van der Waals surface area contributed by atoms with E-state index in [1.54, 1.807) is 36.6 Å². The molecule has 0 spiro atoms. The zero-order valence-corrected chi connectivity index (χ0v) is 28.8. The summed E-state index contributed by atoms with van der Waals surface area (Å²) >= 11 is 0. The van der Waals surface area contributed by atoms with E-state index in [1.807, 2.05) is 27.7 Å². The van der Waals surface area contributed by atoms with Crippen molar-refractivity contribution >= 4 is 22.9 Å². The standard InChI is InChI=1S/C35H38F4N6O5/c1-18(2)27-29-25(11-12-40-27)49-14-13-48-24-10-8-9-22(35(37,38)39)26(24)28-23(36)15-21-30(42-32(46)45(29)31(21)41-28)43-16-20(4)44(17-19(43)3)33(47)50-34(5,6)7/h8-12,15,18-20H,13-14,16-17H2,1-7H3/t19-,20+/m0/s1. The molecule has 2 atom stereocenters. The third kappa shape index (κ3) is 6.40. The van der Waals surface area contributed by atoms with Crippen LogP contribution in [0.2, 0.25) is 0 Å². The maximum Gasteiger partial charge on any atom is 0.417 e. The molecule has 6 rings (SSSR count). The van der Waals surface area contributed by atoms with Crippen LogP contribution in [-0.4, -0.2) is 74.5 Å². The maximum atomic E-state index is 16.5. The number of nitrogens with zero attached hydrogens (tertiary/aromatic N) is 6. The largest absolute Gasteiger partial charge is 0.489 e. The van der Waals surface area contributed by atoms with E-state index in [2.05, 4.69) is 15.0 Å². The number of aromatic nitrogens is 4. The van der Waals surface area contributed by atoms with Gasteiger partial charge in [-0.1, -0.05) is 19.9 Å². The Morgan fingerprint density at radius 2 is 1.70 bits per heavy atom. The molecule has 1 fully saturated rings. The highest BCUT2D eigenvalue weighted by molar-refractivity contribution is 5.91. The van der Waals surface area contributed by atoms with Crippen LogP contribution in [0, 0.1) is 5.82 Å². The quantitative estimate of drug-likeness (QED) is 0.211. The Morgan fingerprint density at radius 3 is 2.36 bits per heavy atom. The molecule has 0 saturated carbocycles. The molecule has 2 aliphatic rings. The summed E-state index contributed by atoms with van der Waals surface area (Å²) in [5.74, 6) is -1.29. The summed E-state index contributed by atoms with van der Waals surface area (Å²) in [6, 6.07) is 5.03. The average Bonchev–Trinajstić information content (AvgIpc) is 3.01. The molecule has 0 N–H and O–H groups in total. The van der Waals surface area contributed by atoms with Crippen molar-refractivity contribution in [3.8, 4) is 28.4 Å². The van der Waals surface area contributed by atoms with E-state index < -0.39 is 58.3 Å². The van der Waals surface area contributed by atoms with Crippen LogP contribution in [0.3, 0.4) is 0 Å². The molecule has 0 radical (unpaired) electrons. The summed E-state index contributed by atoms with van der Waals surface area (Å²) in [5, 5.41) is 0.0594. The molecule has 11 nitrogen and oxygen atoms in total. The lowest BCUT2D eigenvalue weighted by molar-refractivity contribution is -0.137. The second kappa shape index (κ2) is 12.7. The first-order valence-electron chi connectivity index (χ1n) is 16.3. The van der Waals surface area contributed by atoms with Gasteiger partial charge in [-0.05, 0) is 58.7 Å². The van der Waals surface area contributed by atoms with Gasteiger partial charge in [0.1, 0.15) is 47.5 Å². The predicted molar refractivity (Wildman–Crippen MR) is 178 cm³/mol. The van der Waals surface area contributed by atoms with E-state index in [0.717, 1.165) is 16.7 Å². The number of halogens is 4. The second-order valence-corrected chi connectivity index (χ2v) is 13.8. The Kier molecular flexibility index (Phi) is 8.89. The first kappa shape index (κ1) is 34.9. The van der Waals surface area contributed by atoms with Crippen LogP contribution < -0.4 is 20.1 Å². The average molecular weight is 699 g/mol. The van der Waals surface area contributed by atoms with E-state index in [0.29, 0.717) is 5.69 Å². The maximum absolute atomic E-state index is 16.5. The van der Waals surface area contributed by atoms with Gasteiger partial charge in [-0.2, -0.15) is 18.2 Å². The predicted octanol–water partition coefficient (Wildman–Crippen LogP) is 6.73. The zero-order valence-electron chi connectivity index (χ0n) is 28.8. The zero-order chi connectivity index (χ0) is 36.3. The molecular formula is C35H38F4N6O5. The SMILES string of the molecule is CC(C)c1nccc2c1-n1c(=O)nc(N3C[C@@H](C)N(C(=O)OC(C)(C)C)C[C@@H]3C)c3cc(F)c(nc31)-c1c(cccc1C(F)(F)F)OCCO2. The molecule has 0 unspecified atom stereocenters. The number of benzene rings is 1. The highest BCUT2D eigenvalue weighted by Gasteiger charge is 2.39. The lowest BCUT2D eigenvalue weighted by atomic mass is 10.0. The number of fused-ring (bicyclic) bond motifs is 5. The fraction of sp³-hybridized carbons (Fsp3) is 0.457. The van der Waals surface area contributed by atoms with Crippen molar-refractivity contribution in [3.63, 3.8) is 0 Å². The Labute approximate surface area is 285 Å². The summed E-state index contributed by atoms with van der Waals surface area (Å²) < 4.78 is 78.4. The van der Waals surface area contributed by atoms with Gasteiger partial charge >= 0.3 is 18.0 Å². The van der Waals surface area contributed by atoms with Gasteiger partial charge in [-0.15, -0.1) is 0 Å². The molecule has 5 heterocycles. The van der Waals surface area contributed by atoms with Gasteiger partial charge in [0.2, 0.25) is 0 Å². The Balaban J connectivity index is 1.65. The number of piperazine rings is 1. The van der Waals surface area contributed by atoms with E-state index in [1.165, 1.54) is 18.3 Å².